The monoisotopic (exact) mass is 398 g/mol. The Morgan fingerprint density at radius 3 is 2.43 bits per heavy atom. The highest BCUT2D eigenvalue weighted by Gasteiger charge is 2.19. The minimum atomic E-state index is -0.293. The fourth-order valence-corrected chi connectivity index (χ4v) is 3.64. The maximum atomic E-state index is 13.1. The number of thioether (sulfide) groups is 1. The van der Waals surface area contributed by atoms with Crippen molar-refractivity contribution in [1.29, 1.82) is 0 Å². The van der Waals surface area contributed by atoms with Crippen molar-refractivity contribution in [3.63, 3.8) is 0 Å². The molecule has 1 amide bonds. The molecule has 0 fully saturated rings. The van der Waals surface area contributed by atoms with E-state index in [0.717, 1.165) is 11.1 Å². The van der Waals surface area contributed by atoms with Crippen LogP contribution in [0.1, 0.15) is 19.4 Å². The number of aromatic nitrogens is 3. The van der Waals surface area contributed by atoms with Crippen LogP contribution in [0.15, 0.2) is 59.8 Å². The van der Waals surface area contributed by atoms with Crippen LogP contribution in [0.25, 0.3) is 11.4 Å². The Bertz CT molecular complexity index is 925. The molecule has 1 heterocycles. The van der Waals surface area contributed by atoms with Crippen LogP contribution in [-0.2, 0) is 18.4 Å². The summed E-state index contributed by atoms with van der Waals surface area (Å²) < 4.78 is 14.9. The Kier molecular flexibility index (Phi) is 6.46. The van der Waals surface area contributed by atoms with Crippen LogP contribution in [-0.4, -0.2) is 37.4 Å². The highest BCUT2D eigenvalue weighted by Crippen LogP contribution is 2.23. The van der Waals surface area contributed by atoms with E-state index < -0.39 is 0 Å². The van der Waals surface area contributed by atoms with Crippen LogP contribution in [0.5, 0.6) is 0 Å². The molecule has 2 aromatic carbocycles. The van der Waals surface area contributed by atoms with E-state index in [4.69, 9.17) is 0 Å². The Morgan fingerprint density at radius 1 is 1.11 bits per heavy atom. The predicted molar refractivity (Wildman–Crippen MR) is 109 cm³/mol. The van der Waals surface area contributed by atoms with E-state index in [1.807, 2.05) is 60.7 Å². The number of amides is 1. The third kappa shape index (κ3) is 4.78. The molecule has 3 aromatic rings. The van der Waals surface area contributed by atoms with Crippen molar-refractivity contribution in [2.75, 3.05) is 5.75 Å². The molecule has 7 heteroatoms. The smallest absolute Gasteiger partial charge is 0.233 e. The van der Waals surface area contributed by atoms with E-state index in [1.54, 1.807) is 12.1 Å². The summed E-state index contributed by atoms with van der Waals surface area (Å²) >= 11 is 1.35. The van der Waals surface area contributed by atoms with Crippen LogP contribution < -0.4 is 0 Å². The molecule has 146 valence electrons. The Labute approximate surface area is 168 Å². The number of hydrogen-bond acceptors (Lipinski definition) is 4. The van der Waals surface area contributed by atoms with Gasteiger partial charge in [0.15, 0.2) is 11.0 Å². The normalized spacial score (nSPS) is 11.0. The molecule has 0 N–H and O–H groups in total. The Hall–Kier alpha value is -2.67. The van der Waals surface area contributed by atoms with Crippen molar-refractivity contribution in [3.8, 4) is 11.4 Å². The van der Waals surface area contributed by atoms with E-state index in [2.05, 4.69) is 10.2 Å². The number of halogens is 1. The van der Waals surface area contributed by atoms with Gasteiger partial charge in [-0.15, -0.1) is 10.2 Å². The topological polar surface area (TPSA) is 51.0 Å². The van der Waals surface area contributed by atoms with Crippen LogP contribution in [0, 0.1) is 5.82 Å². The number of rotatable bonds is 7. The van der Waals surface area contributed by atoms with Gasteiger partial charge in [0.1, 0.15) is 5.82 Å². The Morgan fingerprint density at radius 2 is 1.79 bits per heavy atom. The predicted octanol–water partition coefficient (Wildman–Crippen LogP) is 4.15. The quantitative estimate of drug-likeness (QED) is 0.561. The molecule has 0 aliphatic heterocycles. The van der Waals surface area contributed by atoms with E-state index >= 15 is 0 Å². The van der Waals surface area contributed by atoms with Gasteiger partial charge in [-0.1, -0.05) is 42.1 Å². The lowest BCUT2D eigenvalue weighted by atomic mass is 10.2. The molecule has 5 nitrogen and oxygen atoms in total. The van der Waals surface area contributed by atoms with Crippen molar-refractivity contribution in [3.05, 3.63) is 66.0 Å². The zero-order valence-corrected chi connectivity index (χ0v) is 17.0. The minimum Gasteiger partial charge on any atom is -0.335 e. The van der Waals surface area contributed by atoms with Gasteiger partial charge in [0.25, 0.3) is 0 Å². The molecule has 0 atom stereocenters. The van der Waals surface area contributed by atoms with Gasteiger partial charge in [-0.05, 0) is 43.7 Å². The van der Waals surface area contributed by atoms with Gasteiger partial charge >= 0.3 is 0 Å². The molecule has 0 bridgehead atoms. The third-order valence-corrected chi connectivity index (χ3v) is 5.41. The van der Waals surface area contributed by atoms with Gasteiger partial charge in [0.2, 0.25) is 5.91 Å². The maximum Gasteiger partial charge on any atom is 0.233 e. The van der Waals surface area contributed by atoms with Crippen LogP contribution in [0.2, 0.25) is 0 Å². The molecule has 28 heavy (non-hydrogen) atoms. The first-order chi connectivity index (χ1) is 13.5. The van der Waals surface area contributed by atoms with Gasteiger partial charge < -0.3 is 9.47 Å². The summed E-state index contributed by atoms with van der Waals surface area (Å²) in [6.45, 7) is 4.61. The first-order valence-corrected chi connectivity index (χ1v) is 10.1. The summed E-state index contributed by atoms with van der Waals surface area (Å²) in [5, 5.41) is 9.02. The fraction of sp³-hybridized carbons (Fsp3) is 0.286. The lowest BCUT2D eigenvalue weighted by Gasteiger charge is -2.26. The summed E-state index contributed by atoms with van der Waals surface area (Å²) in [6, 6.07) is 16.2. The van der Waals surface area contributed by atoms with Crippen molar-refractivity contribution in [2.45, 2.75) is 31.6 Å². The Balaban J connectivity index is 1.67. The molecule has 0 aliphatic rings. The maximum absolute atomic E-state index is 13.1. The lowest BCUT2D eigenvalue weighted by molar-refractivity contribution is -0.130. The van der Waals surface area contributed by atoms with E-state index in [-0.39, 0.29) is 23.5 Å². The van der Waals surface area contributed by atoms with E-state index in [9.17, 15) is 9.18 Å². The number of carbonyl (C=O) groups excluding carboxylic acids is 1. The average Bonchev–Trinajstić information content (AvgIpc) is 3.06. The average molecular weight is 399 g/mol. The SMILES string of the molecule is CC(C)N(Cc1ccccc1)C(=O)CSc1nnc(-c2ccc(F)cc2)n1C. The number of carbonyl (C=O) groups is 1. The third-order valence-electron chi connectivity index (χ3n) is 4.40. The number of benzene rings is 2. The number of hydrogen-bond donors (Lipinski definition) is 0. The highest BCUT2D eigenvalue weighted by atomic mass is 32.2. The summed E-state index contributed by atoms with van der Waals surface area (Å²) in [4.78, 5) is 14.7. The van der Waals surface area contributed by atoms with Crippen molar-refractivity contribution >= 4 is 17.7 Å². The van der Waals surface area contributed by atoms with Crippen LogP contribution in [0.4, 0.5) is 4.39 Å². The second kappa shape index (κ2) is 9.01. The van der Waals surface area contributed by atoms with E-state index in [0.29, 0.717) is 17.5 Å². The molecular formula is C21H23FN4OS. The largest absolute Gasteiger partial charge is 0.335 e. The minimum absolute atomic E-state index is 0.0511. The molecule has 0 saturated heterocycles. The highest BCUT2D eigenvalue weighted by molar-refractivity contribution is 7.99. The molecule has 0 saturated carbocycles. The van der Waals surface area contributed by atoms with Crippen LogP contribution >= 0.6 is 11.8 Å². The first-order valence-electron chi connectivity index (χ1n) is 9.07. The van der Waals surface area contributed by atoms with Gasteiger partial charge in [0.05, 0.1) is 5.75 Å². The lowest BCUT2D eigenvalue weighted by Crippen LogP contribution is -2.37. The summed E-state index contributed by atoms with van der Waals surface area (Å²) in [6.07, 6.45) is 0. The van der Waals surface area contributed by atoms with Gasteiger partial charge in [-0.25, -0.2) is 4.39 Å². The van der Waals surface area contributed by atoms with Crippen molar-refractivity contribution in [1.82, 2.24) is 19.7 Å². The van der Waals surface area contributed by atoms with Gasteiger partial charge in [-0.2, -0.15) is 0 Å². The molecular weight excluding hydrogens is 375 g/mol. The molecule has 0 unspecified atom stereocenters. The van der Waals surface area contributed by atoms with E-state index in [1.165, 1.54) is 23.9 Å². The summed E-state index contributed by atoms with van der Waals surface area (Å²) in [7, 11) is 1.84. The number of nitrogens with zero attached hydrogens (tertiary/aromatic N) is 4. The molecule has 0 radical (unpaired) electrons. The fourth-order valence-electron chi connectivity index (χ4n) is 2.84. The molecule has 1 aromatic heterocycles. The zero-order valence-electron chi connectivity index (χ0n) is 16.2. The molecule has 0 aliphatic carbocycles. The molecule has 0 spiro atoms. The van der Waals surface area contributed by atoms with Crippen LogP contribution in [0.3, 0.4) is 0 Å². The van der Waals surface area contributed by atoms with Crippen molar-refractivity contribution in [2.24, 2.45) is 7.05 Å². The summed E-state index contributed by atoms with van der Waals surface area (Å²) in [5.74, 6) is 0.675. The zero-order chi connectivity index (χ0) is 20.1. The molecule has 3 rings (SSSR count). The second-order valence-electron chi connectivity index (χ2n) is 6.76. The van der Waals surface area contributed by atoms with Gasteiger partial charge in [0, 0.05) is 25.2 Å². The first kappa shape index (κ1) is 20.1. The van der Waals surface area contributed by atoms with Gasteiger partial charge in [-0.3, -0.25) is 4.79 Å². The standard InChI is InChI=1S/C21H23FN4OS/c1-15(2)26(13-16-7-5-4-6-8-16)19(27)14-28-21-24-23-20(25(21)3)17-9-11-18(22)12-10-17/h4-12,15H,13-14H2,1-3H3. The van der Waals surface area contributed by atoms with Crippen molar-refractivity contribution < 1.29 is 9.18 Å². The second-order valence-corrected chi connectivity index (χ2v) is 7.70. The summed E-state index contributed by atoms with van der Waals surface area (Å²) in [5.41, 5.74) is 1.88.